The van der Waals surface area contributed by atoms with Crippen molar-refractivity contribution in [2.75, 3.05) is 0 Å². The van der Waals surface area contributed by atoms with Gasteiger partial charge in [0.2, 0.25) is 0 Å². The minimum atomic E-state index is 0.757. The molecule has 1 aromatic heterocycles. The molecule has 1 heterocycles. The minimum Gasteiger partial charge on any atom is -0.228 e. The molecule has 2 heteroatoms. The van der Waals surface area contributed by atoms with Crippen LogP contribution < -0.4 is 0 Å². The second kappa shape index (κ2) is 6.08. The Labute approximate surface area is 151 Å². The molecule has 0 amide bonds. The van der Waals surface area contributed by atoms with Gasteiger partial charge in [0.15, 0.2) is 5.82 Å². The third-order valence-corrected chi connectivity index (χ3v) is 4.68. The third-order valence-electron chi connectivity index (χ3n) is 4.68. The molecule has 0 bridgehead atoms. The van der Waals surface area contributed by atoms with Crippen LogP contribution in [0.1, 0.15) is 0 Å². The summed E-state index contributed by atoms with van der Waals surface area (Å²) in [5.41, 5.74) is 4.11. The number of rotatable bonds is 2. The summed E-state index contributed by atoms with van der Waals surface area (Å²) < 4.78 is 0. The van der Waals surface area contributed by atoms with E-state index in [0.29, 0.717) is 0 Å². The predicted octanol–water partition coefficient (Wildman–Crippen LogP) is 6.12. The van der Waals surface area contributed by atoms with Crippen molar-refractivity contribution in [1.82, 2.24) is 9.97 Å². The standard InChI is InChI=1S/C24H16N2/c1-2-10-18(11-3-1)24-25-22-16-7-6-14-21(22)23(26-24)20-15-8-12-17-9-4-5-13-19(17)20/h1-16H. The van der Waals surface area contributed by atoms with E-state index in [2.05, 4.69) is 66.7 Å². The van der Waals surface area contributed by atoms with Gasteiger partial charge in [0.05, 0.1) is 11.2 Å². The van der Waals surface area contributed by atoms with Crippen molar-refractivity contribution in [3.63, 3.8) is 0 Å². The van der Waals surface area contributed by atoms with Crippen LogP contribution in [0.3, 0.4) is 0 Å². The van der Waals surface area contributed by atoms with E-state index in [-0.39, 0.29) is 0 Å². The summed E-state index contributed by atoms with van der Waals surface area (Å²) in [6, 6.07) is 33.2. The van der Waals surface area contributed by atoms with Gasteiger partial charge in [0.25, 0.3) is 0 Å². The summed E-state index contributed by atoms with van der Waals surface area (Å²) >= 11 is 0. The topological polar surface area (TPSA) is 25.8 Å². The molecule has 0 saturated heterocycles. The summed E-state index contributed by atoms with van der Waals surface area (Å²) in [5, 5.41) is 3.50. The molecule has 2 nitrogen and oxygen atoms in total. The zero-order valence-electron chi connectivity index (χ0n) is 14.1. The van der Waals surface area contributed by atoms with Crippen molar-refractivity contribution in [1.29, 1.82) is 0 Å². The Hall–Kier alpha value is -3.52. The summed E-state index contributed by atoms with van der Waals surface area (Å²) in [6.45, 7) is 0. The number of para-hydroxylation sites is 1. The fourth-order valence-electron chi connectivity index (χ4n) is 3.43. The van der Waals surface area contributed by atoms with Crippen molar-refractivity contribution in [3.8, 4) is 22.6 Å². The number of hydrogen-bond donors (Lipinski definition) is 0. The molecule has 0 saturated carbocycles. The number of hydrogen-bond acceptors (Lipinski definition) is 2. The second-order valence-corrected chi connectivity index (χ2v) is 6.31. The Balaban J connectivity index is 1.87. The molecule has 0 unspecified atom stereocenters. The Morgan fingerprint density at radius 1 is 0.500 bits per heavy atom. The summed E-state index contributed by atoms with van der Waals surface area (Å²) in [5.74, 6) is 0.757. The lowest BCUT2D eigenvalue weighted by Crippen LogP contribution is -1.95. The first-order valence-corrected chi connectivity index (χ1v) is 8.70. The Morgan fingerprint density at radius 2 is 1.19 bits per heavy atom. The molecule has 0 spiro atoms. The molecular formula is C24H16N2. The first kappa shape index (κ1) is 14.8. The van der Waals surface area contributed by atoms with Gasteiger partial charge in [-0.1, -0.05) is 91.0 Å². The van der Waals surface area contributed by atoms with Gasteiger partial charge in [-0.2, -0.15) is 0 Å². The molecule has 26 heavy (non-hydrogen) atoms. The average molecular weight is 332 g/mol. The summed E-state index contributed by atoms with van der Waals surface area (Å²) in [4.78, 5) is 9.78. The van der Waals surface area contributed by atoms with Crippen LogP contribution in [0, 0.1) is 0 Å². The molecule has 0 atom stereocenters. The van der Waals surface area contributed by atoms with Crippen molar-refractivity contribution in [2.24, 2.45) is 0 Å². The van der Waals surface area contributed by atoms with E-state index in [1.165, 1.54) is 10.8 Å². The fourth-order valence-corrected chi connectivity index (χ4v) is 3.43. The maximum Gasteiger partial charge on any atom is 0.160 e. The molecular weight excluding hydrogens is 316 g/mol. The Kier molecular flexibility index (Phi) is 3.46. The van der Waals surface area contributed by atoms with Crippen LogP contribution in [-0.4, -0.2) is 9.97 Å². The van der Waals surface area contributed by atoms with Crippen LogP contribution in [0.5, 0.6) is 0 Å². The molecule has 4 aromatic carbocycles. The van der Waals surface area contributed by atoms with E-state index in [9.17, 15) is 0 Å². The predicted molar refractivity (Wildman–Crippen MR) is 108 cm³/mol. The largest absolute Gasteiger partial charge is 0.228 e. The van der Waals surface area contributed by atoms with E-state index < -0.39 is 0 Å². The molecule has 5 aromatic rings. The molecule has 0 N–H and O–H groups in total. The van der Waals surface area contributed by atoms with Crippen LogP contribution in [0.4, 0.5) is 0 Å². The van der Waals surface area contributed by atoms with E-state index in [4.69, 9.17) is 9.97 Å². The molecule has 5 rings (SSSR count). The number of nitrogens with zero attached hydrogens (tertiary/aromatic N) is 2. The van der Waals surface area contributed by atoms with E-state index >= 15 is 0 Å². The molecule has 0 aliphatic heterocycles. The highest BCUT2D eigenvalue weighted by molar-refractivity contribution is 6.03. The van der Waals surface area contributed by atoms with E-state index in [0.717, 1.165) is 33.5 Å². The average Bonchev–Trinajstić information content (AvgIpc) is 2.73. The molecule has 0 aliphatic rings. The maximum absolute atomic E-state index is 4.98. The molecule has 122 valence electrons. The van der Waals surface area contributed by atoms with Gasteiger partial charge in [0.1, 0.15) is 0 Å². The van der Waals surface area contributed by atoms with Crippen molar-refractivity contribution < 1.29 is 0 Å². The summed E-state index contributed by atoms with van der Waals surface area (Å²) in [6.07, 6.45) is 0. The van der Waals surface area contributed by atoms with E-state index in [1.807, 2.05) is 30.3 Å². The van der Waals surface area contributed by atoms with E-state index in [1.54, 1.807) is 0 Å². The first-order chi connectivity index (χ1) is 12.9. The van der Waals surface area contributed by atoms with Gasteiger partial charge in [-0.25, -0.2) is 9.97 Å². The highest BCUT2D eigenvalue weighted by atomic mass is 14.9. The summed E-state index contributed by atoms with van der Waals surface area (Å²) in [7, 11) is 0. The normalized spacial score (nSPS) is 11.1. The van der Waals surface area contributed by atoms with Gasteiger partial charge in [-0.05, 0) is 16.8 Å². The maximum atomic E-state index is 4.98. The zero-order chi connectivity index (χ0) is 17.3. The fraction of sp³-hybridized carbons (Fsp3) is 0. The zero-order valence-corrected chi connectivity index (χ0v) is 14.1. The smallest absolute Gasteiger partial charge is 0.160 e. The second-order valence-electron chi connectivity index (χ2n) is 6.31. The number of benzene rings is 4. The lowest BCUT2D eigenvalue weighted by atomic mass is 9.99. The SMILES string of the molecule is c1ccc(-c2nc(-c3cccc4ccccc34)c3ccccc3n2)cc1. The molecule has 0 radical (unpaired) electrons. The van der Waals surface area contributed by atoms with Crippen LogP contribution >= 0.6 is 0 Å². The highest BCUT2D eigenvalue weighted by Crippen LogP contribution is 2.33. The first-order valence-electron chi connectivity index (χ1n) is 8.70. The monoisotopic (exact) mass is 332 g/mol. The van der Waals surface area contributed by atoms with Gasteiger partial charge in [-0.15, -0.1) is 0 Å². The Bertz CT molecular complexity index is 1220. The van der Waals surface area contributed by atoms with Crippen molar-refractivity contribution in [3.05, 3.63) is 97.1 Å². The van der Waals surface area contributed by atoms with Crippen LogP contribution in [0.15, 0.2) is 97.1 Å². The third kappa shape index (κ3) is 2.44. The van der Waals surface area contributed by atoms with Gasteiger partial charge in [-0.3, -0.25) is 0 Å². The minimum absolute atomic E-state index is 0.757. The lowest BCUT2D eigenvalue weighted by Gasteiger charge is -2.11. The van der Waals surface area contributed by atoms with Crippen molar-refractivity contribution in [2.45, 2.75) is 0 Å². The molecule has 0 fully saturated rings. The van der Waals surface area contributed by atoms with Gasteiger partial charge in [0, 0.05) is 16.5 Å². The lowest BCUT2D eigenvalue weighted by molar-refractivity contribution is 1.23. The van der Waals surface area contributed by atoms with Crippen molar-refractivity contribution >= 4 is 21.7 Å². The van der Waals surface area contributed by atoms with Gasteiger partial charge < -0.3 is 0 Å². The quantitative estimate of drug-likeness (QED) is 0.389. The van der Waals surface area contributed by atoms with Crippen LogP contribution in [-0.2, 0) is 0 Å². The van der Waals surface area contributed by atoms with Gasteiger partial charge >= 0.3 is 0 Å². The number of aromatic nitrogens is 2. The van der Waals surface area contributed by atoms with Crippen LogP contribution in [0.25, 0.3) is 44.3 Å². The highest BCUT2D eigenvalue weighted by Gasteiger charge is 2.13. The molecule has 0 aliphatic carbocycles. The number of fused-ring (bicyclic) bond motifs is 2. The van der Waals surface area contributed by atoms with Crippen LogP contribution in [0.2, 0.25) is 0 Å². The Morgan fingerprint density at radius 3 is 2.08 bits per heavy atom.